The van der Waals surface area contributed by atoms with E-state index < -0.39 is 0 Å². The first-order valence-electron chi connectivity index (χ1n) is 7.04. The van der Waals surface area contributed by atoms with Crippen LogP contribution in [0, 0.1) is 11.3 Å². The molecule has 1 heteroatoms. The van der Waals surface area contributed by atoms with E-state index in [2.05, 4.69) is 13.5 Å². The van der Waals surface area contributed by atoms with Gasteiger partial charge in [-0.15, -0.1) is 0 Å². The molecule has 1 heterocycles. The number of hydrogen-bond acceptors (Lipinski definition) is 1. The largest absolute Gasteiger partial charge is 0.369 e. The number of ether oxygens (including phenoxy) is 1. The second-order valence-electron chi connectivity index (χ2n) is 6.33. The van der Waals surface area contributed by atoms with E-state index in [-0.39, 0.29) is 0 Å². The molecule has 3 rings (SSSR count). The zero-order valence-corrected chi connectivity index (χ0v) is 10.5. The Morgan fingerprint density at radius 3 is 3.00 bits per heavy atom. The zero-order valence-electron chi connectivity index (χ0n) is 10.5. The van der Waals surface area contributed by atoms with Crippen LogP contribution in [0.15, 0.2) is 12.2 Å². The third-order valence-electron chi connectivity index (χ3n) is 5.09. The predicted molar refractivity (Wildman–Crippen MR) is 66.3 cm³/mol. The van der Waals surface area contributed by atoms with Gasteiger partial charge >= 0.3 is 0 Å². The SMILES string of the molecule is C=C1CCC[C@]2(CC[C@@H](C3OC3CC)C2)C1. The lowest BCUT2D eigenvalue weighted by Crippen LogP contribution is -2.22. The number of allylic oxidation sites excluding steroid dienone is 1. The van der Waals surface area contributed by atoms with E-state index in [1.165, 1.54) is 56.9 Å². The summed E-state index contributed by atoms with van der Waals surface area (Å²) < 4.78 is 5.79. The average molecular weight is 220 g/mol. The van der Waals surface area contributed by atoms with E-state index in [1.54, 1.807) is 0 Å². The Bertz CT molecular complexity index is 296. The maximum atomic E-state index is 5.79. The molecule has 0 radical (unpaired) electrons. The molecule has 0 aromatic heterocycles. The topological polar surface area (TPSA) is 12.5 Å². The summed E-state index contributed by atoms with van der Waals surface area (Å²) in [5, 5.41) is 0. The molecule has 2 unspecified atom stereocenters. The first-order valence-corrected chi connectivity index (χ1v) is 7.04. The third kappa shape index (κ3) is 1.84. The summed E-state index contributed by atoms with van der Waals surface area (Å²) >= 11 is 0. The van der Waals surface area contributed by atoms with Crippen molar-refractivity contribution in [2.45, 2.75) is 70.5 Å². The molecule has 1 saturated heterocycles. The molecule has 2 saturated carbocycles. The standard InChI is InChI=1S/C15H24O/c1-3-13-14(16-13)12-6-8-15(10-12)7-4-5-11(2)9-15/h12-14H,2-10H2,1H3/t12-,13?,14?,15+/m1/s1. The highest BCUT2D eigenvalue weighted by Gasteiger charge is 2.50. The molecule has 2 aliphatic carbocycles. The van der Waals surface area contributed by atoms with Crippen LogP contribution in [-0.4, -0.2) is 12.2 Å². The average Bonchev–Trinajstić information content (AvgIpc) is 2.96. The van der Waals surface area contributed by atoms with Gasteiger partial charge in [0.1, 0.15) is 0 Å². The van der Waals surface area contributed by atoms with Crippen molar-refractivity contribution >= 4 is 0 Å². The van der Waals surface area contributed by atoms with Gasteiger partial charge in [-0.25, -0.2) is 0 Å². The number of rotatable bonds is 2. The quantitative estimate of drug-likeness (QED) is 0.504. The van der Waals surface area contributed by atoms with Crippen molar-refractivity contribution < 1.29 is 4.74 Å². The summed E-state index contributed by atoms with van der Waals surface area (Å²) in [6.07, 6.45) is 12.1. The summed E-state index contributed by atoms with van der Waals surface area (Å²) in [5.74, 6) is 0.871. The molecule has 3 aliphatic rings. The van der Waals surface area contributed by atoms with Crippen molar-refractivity contribution in [3.8, 4) is 0 Å². The Morgan fingerprint density at radius 2 is 2.31 bits per heavy atom. The van der Waals surface area contributed by atoms with E-state index in [9.17, 15) is 0 Å². The highest BCUT2D eigenvalue weighted by atomic mass is 16.6. The van der Waals surface area contributed by atoms with Gasteiger partial charge in [0.05, 0.1) is 12.2 Å². The zero-order chi connectivity index (χ0) is 11.2. The molecule has 0 aromatic carbocycles. The van der Waals surface area contributed by atoms with E-state index >= 15 is 0 Å². The van der Waals surface area contributed by atoms with Gasteiger partial charge in [0, 0.05) is 0 Å². The van der Waals surface area contributed by atoms with Crippen molar-refractivity contribution in [1.29, 1.82) is 0 Å². The van der Waals surface area contributed by atoms with Crippen LogP contribution in [-0.2, 0) is 4.74 Å². The Balaban J connectivity index is 1.61. The Kier molecular flexibility index (Phi) is 2.62. The molecule has 0 amide bonds. The predicted octanol–water partition coefficient (Wildman–Crippen LogP) is 4.08. The van der Waals surface area contributed by atoms with Crippen LogP contribution in [0.3, 0.4) is 0 Å². The van der Waals surface area contributed by atoms with Crippen molar-refractivity contribution in [2.75, 3.05) is 0 Å². The molecule has 90 valence electrons. The summed E-state index contributed by atoms with van der Waals surface area (Å²) in [6.45, 7) is 6.47. The molecule has 0 N–H and O–H groups in total. The smallest absolute Gasteiger partial charge is 0.0870 e. The van der Waals surface area contributed by atoms with Crippen molar-refractivity contribution in [3.63, 3.8) is 0 Å². The van der Waals surface area contributed by atoms with Gasteiger partial charge in [-0.2, -0.15) is 0 Å². The fraction of sp³-hybridized carbons (Fsp3) is 0.867. The van der Waals surface area contributed by atoms with Gasteiger partial charge in [-0.05, 0) is 62.7 Å². The summed E-state index contributed by atoms with van der Waals surface area (Å²) in [7, 11) is 0. The van der Waals surface area contributed by atoms with Gasteiger partial charge in [0.25, 0.3) is 0 Å². The Labute approximate surface area is 99.3 Å². The summed E-state index contributed by atoms with van der Waals surface area (Å²) in [5.41, 5.74) is 2.15. The van der Waals surface area contributed by atoms with Gasteiger partial charge in [-0.3, -0.25) is 0 Å². The van der Waals surface area contributed by atoms with Gasteiger partial charge < -0.3 is 4.74 Å². The van der Waals surface area contributed by atoms with Crippen molar-refractivity contribution in [1.82, 2.24) is 0 Å². The van der Waals surface area contributed by atoms with Crippen LogP contribution >= 0.6 is 0 Å². The normalized spacial score (nSPS) is 47.6. The van der Waals surface area contributed by atoms with E-state index in [1.807, 2.05) is 0 Å². The molecule has 0 aromatic rings. The molecular formula is C15H24O. The van der Waals surface area contributed by atoms with E-state index in [4.69, 9.17) is 4.74 Å². The van der Waals surface area contributed by atoms with Crippen molar-refractivity contribution in [3.05, 3.63) is 12.2 Å². The lowest BCUT2D eigenvalue weighted by atomic mass is 9.70. The molecule has 16 heavy (non-hydrogen) atoms. The number of hydrogen-bond donors (Lipinski definition) is 0. The van der Waals surface area contributed by atoms with Crippen LogP contribution in [0.25, 0.3) is 0 Å². The molecule has 0 bridgehead atoms. The first-order chi connectivity index (χ1) is 7.72. The second-order valence-corrected chi connectivity index (χ2v) is 6.33. The van der Waals surface area contributed by atoms with Crippen LogP contribution in [0.5, 0.6) is 0 Å². The molecule has 1 aliphatic heterocycles. The molecule has 3 fully saturated rings. The summed E-state index contributed by atoms with van der Waals surface area (Å²) in [4.78, 5) is 0. The monoisotopic (exact) mass is 220 g/mol. The van der Waals surface area contributed by atoms with Crippen molar-refractivity contribution in [2.24, 2.45) is 11.3 Å². The highest BCUT2D eigenvalue weighted by molar-refractivity contribution is 5.09. The van der Waals surface area contributed by atoms with Gasteiger partial charge in [-0.1, -0.05) is 19.1 Å². The van der Waals surface area contributed by atoms with Crippen LogP contribution in [0.2, 0.25) is 0 Å². The number of epoxide rings is 1. The fourth-order valence-corrected chi connectivity index (χ4v) is 4.24. The maximum Gasteiger partial charge on any atom is 0.0870 e. The molecule has 1 nitrogen and oxygen atoms in total. The minimum Gasteiger partial charge on any atom is -0.369 e. The van der Waals surface area contributed by atoms with E-state index in [0.29, 0.717) is 17.6 Å². The van der Waals surface area contributed by atoms with E-state index in [0.717, 1.165) is 5.92 Å². The molecule has 1 spiro atoms. The first kappa shape index (κ1) is 10.8. The molecule has 4 atom stereocenters. The second kappa shape index (κ2) is 3.87. The summed E-state index contributed by atoms with van der Waals surface area (Å²) in [6, 6.07) is 0. The minimum absolute atomic E-state index is 0.604. The lowest BCUT2D eigenvalue weighted by molar-refractivity contribution is 0.215. The lowest BCUT2D eigenvalue weighted by Gasteiger charge is -2.34. The molecular weight excluding hydrogens is 196 g/mol. The van der Waals surface area contributed by atoms with Crippen LogP contribution in [0.1, 0.15) is 58.3 Å². The third-order valence-corrected chi connectivity index (χ3v) is 5.09. The van der Waals surface area contributed by atoms with Crippen LogP contribution in [0.4, 0.5) is 0 Å². The Hall–Kier alpha value is -0.300. The van der Waals surface area contributed by atoms with Gasteiger partial charge in [0.15, 0.2) is 0 Å². The van der Waals surface area contributed by atoms with Gasteiger partial charge in [0.2, 0.25) is 0 Å². The fourth-order valence-electron chi connectivity index (χ4n) is 4.24. The Morgan fingerprint density at radius 1 is 1.44 bits per heavy atom. The highest BCUT2D eigenvalue weighted by Crippen LogP contribution is 2.55. The maximum absolute atomic E-state index is 5.79. The van der Waals surface area contributed by atoms with Crippen LogP contribution < -0.4 is 0 Å². The minimum atomic E-state index is 0.604.